The number of allylic oxidation sites excluding steroid dienone is 1. The Hall–Kier alpha value is -4.07. The minimum atomic E-state index is -4.55. The predicted molar refractivity (Wildman–Crippen MR) is 131 cm³/mol. The van der Waals surface area contributed by atoms with Gasteiger partial charge in [0.05, 0.1) is 11.1 Å². The van der Waals surface area contributed by atoms with E-state index < -0.39 is 11.7 Å². The summed E-state index contributed by atoms with van der Waals surface area (Å²) in [4.78, 5) is 0. The predicted octanol–water partition coefficient (Wildman–Crippen LogP) is 8.52. The molecule has 0 aliphatic carbocycles. The number of halogens is 3. The van der Waals surface area contributed by atoms with Crippen LogP contribution in [0.2, 0.25) is 0 Å². The summed E-state index contributed by atoms with van der Waals surface area (Å²) in [6.45, 7) is 7.67. The molecule has 0 bridgehead atoms. The Morgan fingerprint density at radius 1 is 0.886 bits per heavy atom. The maximum atomic E-state index is 13.5. The molecule has 1 aromatic heterocycles. The number of hydrogen-bond acceptors (Lipinski definition) is 4. The zero-order valence-corrected chi connectivity index (χ0v) is 19.6. The third-order valence-electron chi connectivity index (χ3n) is 5.71. The van der Waals surface area contributed by atoms with Crippen molar-refractivity contribution in [2.75, 3.05) is 0 Å². The number of aryl methyl sites for hydroxylation is 2. The number of nitrogens with zero attached hydrogens (tertiary/aromatic N) is 3. The second kappa shape index (κ2) is 8.94. The summed E-state index contributed by atoms with van der Waals surface area (Å²) >= 11 is 0. The average molecular weight is 480 g/mol. The van der Waals surface area contributed by atoms with Crippen LogP contribution >= 0.6 is 0 Å². The van der Waals surface area contributed by atoms with Crippen LogP contribution in [0.3, 0.4) is 0 Å². The monoisotopic (exact) mass is 479 g/mol. The van der Waals surface area contributed by atoms with Gasteiger partial charge in [-0.1, -0.05) is 23.8 Å². The van der Waals surface area contributed by atoms with E-state index >= 15 is 0 Å². The lowest BCUT2D eigenvalue weighted by molar-refractivity contribution is -0.137. The molecule has 0 atom stereocenters. The Kier molecular flexibility index (Phi) is 6.15. The van der Waals surface area contributed by atoms with E-state index in [4.69, 9.17) is 0 Å². The van der Waals surface area contributed by atoms with Gasteiger partial charge in [0.15, 0.2) is 5.69 Å². The number of azo groups is 1. The molecule has 0 amide bonds. The molecule has 180 valence electrons. The van der Waals surface area contributed by atoms with Gasteiger partial charge in [-0.25, -0.2) is 0 Å². The lowest BCUT2D eigenvalue weighted by Gasteiger charge is -2.11. The van der Waals surface area contributed by atoms with Gasteiger partial charge in [-0.05, 0) is 86.8 Å². The smallest absolute Gasteiger partial charge is 0.416 e. The van der Waals surface area contributed by atoms with Crippen molar-refractivity contribution >= 4 is 28.4 Å². The van der Waals surface area contributed by atoms with Crippen molar-refractivity contribution in [1.82, 2.24) is 4.57 Å². The Labute approximate surface area is 200 Å². The standard InChI is InChI=1S/C27H24F3N3O2/c1-15(2)11-18-6-10-22(24(34)13-18)31-32-25-21-9-7-19(27(28,29)30)14-23(21)33(26(25)35)20-8-5-16(3)17(4)12-20/h5-14,34-35H,1-4H3. The summed E-state index contributed by atoms with van der Waals surface area (Å²) in [5.74, 6) is -0.465. The maximum Gasteiger partial charge on any atom is 0.416 e. The van der Waals surface area contributed by atoms with E-state index in [0.717, 1.165) is 34.4 Å². The van der Waals surface area contributed by atoms with Crippen molar-refractivity contribution in [1.29, 1.82) is 0 Å². The van der Waals surface area contributed by atoms with Gasteiger partial charge >= 0.3 is 6.18 Å². The van der Waals surface area contributed by atoms with Crippen molar-refractivity contribution < 1.29 is 23.4 Å². The molecule has 0 spiro atoms. The van der Waals surface area contributed by atoms with Crippen LogP contribution in [0.15, 0.2) is 70.4 Å². The SMILES string of the molecule is CC(C)=Cc1ccc(N=Nc2c(O)n(-c3ccc(C)c(C)c3)c3cc(C(F)(F)F)ccc23)c(O)c1. The number of rotatable bonds is 4. The third kappa shape index (κ3) is 4.77. The van der Waals surface area contributed by atoms with Crippen LogP contribution in [0.1, 0.15) is 36.1 Å². The second-order valence-electron chi connectivity index (χ2n) is 8.68. The van der Waals surface area contributed by atoms with E-state index in [0.29, 0.717) is 5.69 Å². The van der Waals surface area contributed by atoms with Crippen LogP contribution in [-0.4, -0.2) is 14.8 Å². The van der Waals surface area contributed by atoms with Crippen LogP contribution in [0.25, 0.3) is 22.7 Å². The first-order valence-electron chi connectivity index (χ1n) is 10.9. The largest absolute Gasteiger partial charge is 0.506 e. The molecule has 3 aromatic carbocycles. The molecule has 0 fully saturated rings. The normalized spacial score (nSPS) is 12.0. The van der Waals surface area contributed by atoms with Crippen LogP contribution in [0, 0.1) is 13.8 Å². The van der Waals surface area contributed by atoms with Gasteiger partial charge < -0.3 is 10.2 Å². The second-order valence-corrected chi connectivity index (χ2v) is 8.68. The lowest BCUT2D eigenvalue weighted by Crippen LogP contribution is -2.05. The quantitative estimate of drug-likeness (QED) is 0.288. The van der Waals surface area contributed by atoms with E-state index in [9.17, 15) is 23.4 Å². The van der Waals surface area contributed by atoms with Crippen LogP contribution in [-0.2, 0) is 6.18 Å². The van der Waals surface area contributed by atoms with Gasteiger partial charge in [-0.3, -0.25) is 4.57 Å². The molecule has 4 aromatic rings. The first-order valence-corrected chi connectivity index (χ1v) is 10.9. The summed E-state index contributed by atoms with van der Waals surface area (Å²) in [7, 11) is 0. The molecule has 0 aliphatic heterocycles. The highest BCUT2D eigenvalue weighted by atomic mass is 19.4. The van der Waals surface area contributed by atoms with E-state index in [-0.39, 0.29) is 33.9 Å². The molecule has 0 unspecified atom stereocenters. The molecule has 35 heavy (non-hydrogen) atoms. The Bertz CT molecular complexity index is 1490. The van der Waals surface area contributed by atoms with E-state index in [1.54, 1.807) is 24.3 Å². The topological polar surface area (TPSA) is 70.1 Å². The Morgan fingerprint density at radius 2 is 1.63 bits per heavy atom. The molecule has 0 radical (unpaired) electrons. The number of phenols is 1. The van der Waals surface area contributed by atoms with Gasteiger partial charge in [0.25, 0.3) is 0 Å². The highest BCUT2D eigenvalue weighted by molar-refractivity contribution is 5.97. The van der Waals surface area contributed by atoms with Crippen LogP contribution in [0.5, 0.6) is 11.6 Å². The Morgan fingerprint density at radius 3 is 2.26 bits per heavy atom. The van der Waals surface area contributed by atoms with Crippen molar-refractivity contribution in [2.45, 2.75) is 33.9 Å². The highest BCUT2D eigenvalue weighted by Gasteiger charge is 2.32. The van der Waals surface area contributed by atoms with E-state index in [1.165, 1.54) is 16.7 Å². The number of alkyl halides is 3. The van der Waals surface area contributed by atoms with Gasteiger partial charge in [0, 0.05) is 11.1 Å². The Balaban J connectivity index is 1.89. The van der Waals surface area contributed by atoms with E-state index in [1.807, 2.05) is 39.8 Å². The highest BCUT2D eigenvalue weighted by Crippen LogP contribution is 2.44. The van der Waals surface area contributed by atoms with Crippen molar-refractivity contribution in [3.8, 4) is 17.3 Å². The summed E-state index contributed by atoms with van der Waals surface area (Å²) < 4.78 is 41.7. The van der Waals surface area contributed by atoms with Gasteiger partial charge in [-0.15, -0.1) is 10.2 Å². The number of phenolic OH excluding ortho intramolecular Hbond substituents is 1. The fourth-order valence-corrected chi connectivity index (χ4v) is 3.81. The van der Waals surface area contributed by atoms with E-state index in [2.05, 4.69) is 10.2 Å². The number of hydrogen-bond donors (Lipinski definition) is 2. The van der Waals surface area contributed by atoms with Crippen LogP contribution < -0.4 is 0 Å². The summed E-state index contributed by atoms with van der Waals surface area (Å²) in [5.41, 5.74) is 3.71. The lowest BCUT2D eigenvalue weighted by atomic mass is 10.1. The van der Waals surface area contributed by atoms with Crippen LogP contribution in [0.4, 0.5) is 24.5 Å². The summed E-state index contributed by atoms with van der Waals surface area (Å²) in [6.07, 6.45) is -2.66. The number of fused-ring (bicyclic) bond motifs is 1. The van der Waals surface area contributed by atoms with Crippen molar-refractivity contribution in [3.05, 3.63) is 82.4 Å². The first-order chi connectivity index (χ1) is 16.5. The van der Waals surface area contributed by atoms with Crippen molar-refractivity contribution in [3.63, 3.8) is 0 Å². The molecular weight excluding hydrogens is 455 g/mol. The summed E-state index contributed by atoms with van der Waals surface area (Å²) in [6, 6.07) is 13.4. The van der Waals surface area contributed by atoms with Gasteiger partial charge in [0.2, 0.25) is 5.88 Å². The molecule has 0 saturated carbocycles. The third-order valence-corrected chi connectivity index (χ3v) is 5.71. The number of benzene rings is 3. The first kappa shape index (κ1) is 24.1. The molecule has 1 heterocycles. The van der Waals surface area contributed by atoms with Gasteiger partial charge in [-0.2, -0.15) is 13.2 Å². The molecule has 5 nitrogen and oxygen atoms in total. The van der Waals surface area contributed by atoms with Crippen molar-refractivity contribution in [2.24, 2.45) is 10.2 Å². The van der Waals surface area contributed by atoms with Gasteiger partial charge in [0.1, 0.15) is 11.4 Å². The molecule has 0 saturated heterocycles. The average Bonchev–Trinajstić information content (AvgIpc) is 3.04. The number of aromatic hydroxyl groups is 2. The minimum Gasteiger partial charge on any atom is -0.506 e. The fraction of sp³-hybridized carbons (Fsp3) is 0.185. The molecule has 4 rings (SSSR count). The zero-order valence-electron chi connectivity index (χ0n) is 19.6. The summed E-state index contributed by atoms with van der Waals surface area (Å²) in [5, 5.41) is 29.9. The number of aromatic nitrogens is 1. The molecule has 8 heteroatoms. The maximum absolute atomic E-state index is 13.5. The zero-order chi connectivity index (χ0) is 25.5. The minimum absolute atomic E-state index is 0.000252. The molecular formula is C27H24F3N3O2. The molecule has 2 N–H and O–H groups in total. The molecule has 0 aliphatic rings. The fourth-order valence-electron chi connectivity index (χ4n) is 3.81.